The van der Waals surface area contributed by atoms with Crippen LogP contribution in [0.5, 0.6) is 0 Å². The molecule has 0 aliphatic carbocycles. The lowest BCUT2D eigenvalue weighted by Gasteiger charge is -2.11. The van der Waals surface area contributed by atoms with Crippen molar-refractivity contribution in [3.63, 3.8) is 0 Å². The van der Waals surface area contributed by atoms with E-state index in [1.54, 1.807) is 0 Å². The van der Waals surface area contributed by atoms with E-state index in [9.17, 15) is 4.79 Å². The molecular weight excluding hydrogens is 268 g/mol. The summed E-state index contributed by atoms with van der Waals surface area (Å²) in [6, 6.07) is 7.89. The molecule has 0 saturated heterocycles. The van der Waals surface area contributed by atoms with Crippen LogP contribution in [0.25, 0.3) is 0 Å². The molecule has 0 heterocycles. The van der Waals surface area contributed by atoms with E-state index in [4.69, 9.17) is 5.73 Å². The molecule has 0 aliphatic heterocycles. The van der Waals surface area contributed by atoms with Crippen LogP contribution in [0.15, 0.2) is 28.7 Å². The molecule has 0 aromatic heterocycles. The van der Waals surface area contributed by atoms with E-state index in [1.165, 1.54) is 0 Å². The van der Waals surface area contributed by atoms with Gasteiger partial charge in [0.15, 0.2) is 0 Å². The van der Waals surface area contributed by atoms with Crippen LogP contribution in [0.2, 0.25) is 0 Å². The first kappa shape index (κ1) is 13.2. The maximum atomic E-state index is 11.6. The van der Waals surface area contributed by atoms with Crippen molar-refractivity contribution in [2.75, 3.05) is 6.54 Å². The van der Waals surface area contributed by atoms with Crippen LogP contribution < -0.4 is 11.1 Å². The Bertz CT molecular complexity index is 355. The Balaban J connectivity index is 2.42. The second-order valence-electron chi connectivity index (χ2n) is 3.83. The van der Waals surface area contributed by atoms with Crippen molar-refractivity contribution in [3.8, 4) is 0 Å². The molecule has 1 unspecified atom stereocenters. The number of carbonyl (C=O) groups is 1. The van der Waals surface area contributed by atoms with Crippen LogP contribution in [0.4, 0.5) is 0 Å². The first-order valence-corrected chi connectivity index (χ1v) is 6.15. The highest BCUT2D eigenvalue weighted by Crippen LogP contribution is 2.11. The van der Waals surface area contributed by atoms with Crippen molar-refractivity contribution in [1.82, 2.24) is 5.32 Å². The van der Waals surface area contributed by atoms with Crippen LogP contribution in [-0.2, 0) is 11.3 Å². The number of amides is 1. The molecule has 1 amide bonds. The molecule has 88 valence electrons. The first-order chi connectivity index (χ1) is 7.63. The van der Waals surface area contributed by atoms with Crippen molar-refractivity contribution in [1.29, 1.82) is 0 Å². The molecule has 0 spiro atoms. The van der Waals surface area contributed by atoms with Gasteiger partial charge in [0, 0.05) is 16.9 Å². The summed E-state index contributed by atoms with van der Waals surface area (Å²) in [7, 11) is 0. The summed E-state index contributed by atoms with van der Waals surface area (Å²) >= 11 is 3.39. The minimum absolute atomic E-state index is 0.0165. The number of hydrogen-bond donors (Lipinski definition) is 2. The van der Waals surface area contributed by atoms with Crippen molar-refractivity contribution >= 4 is 21.8 Å². The molecular formula is C12H17BrN2O. The fraction of sp³-hybridized carbons (Fsp3) is 0.417. The summed E-state index contributed by atoms with van der Waals surface area (Å²) in [5.74, 6) is 0.0441. The van der Waals surface area contributed by atoms with Crippen molar-refractivity contribution in [2.45, 2.75) is 19.9 Å². The number of nitrogens with one attached hydrogen (secondary N) is 1. The summed E-state index contributed by atoms with van der Waals surface area (Å²) in [5, 5.41) is 2.90. The zero-order chi connectivity index (χ0) is 12.0. The quantitative estimate of drug-likeness (QED) is 0.870. The largest absolute Gasteiger partial charge is 0.352 e. The lowest BCUT2D eigenvalue weighted by Crippen LogP contribution is -2.29. The summed E-state index contributed by atoms with van der Waals surface area (Å²) in [6.07, 6.45) is 0.727. The molecule has 1 atom stereocenters. The Hall–Kier alpha value is -0.870. The molecule has 3 nitrogen and oxygen atoms in total. The van der Waals surface area contributed by atoms with Crippen LogP contribution in [0.3, 0.4) is 0 Å². The van der Waals surface area contributed by atoms with Gasteiger partial charge in [0.1, 0.15) is 0 Å². The summed E-state index contributed by atoms with van der Waals surface area (Å²) in [5.41, 5.74) is 6.49. The standard InChI is InChI=1S/C12H17BrN2O/c1-9(5-6-14)12(16)15-8-10-3-2-4-11(13)7-10/h2-4,7,9H,5-6,8,14H2,1H3,(H,15,16). The third kappa shape index (κ3) is 4.33. The van der Waals surface area contributed by atoms with Crippen molar-refractivity contribution in [3.05, 3.63) is 34.3 Å². The molecule has 0 radical (unpaired) electrons. The predicted octanol–water partition coefficient (Wildman–Crippen LogP) is 2.05. The summed E-state index contributed by atoms with van der Waals surface area (Å²) in [4.78, 5) is 11.6. The highest BCUT2D eigenvalue weighted by atomic mass is 79.9. The van der Waals surface area contributed by atoms with E-state index in [0.717, 1.165) is 16.5 Å². The zero-order valence-electron chi connectivity index (χ0n) is 9.37. The Morgan fingerprint density at radius 3 is 2.94 bits per heavy atom. The molecule has 4 heteroatoms. The molecule has 1 aromatic rings. The van der Waals surface area contributed by atoms with Gasteiger partial charge in [-0.15, -0.1) is 0 Å². The van der Waals surface area contributed by atoms with Crippen molar-refractivity contribution in [2.24, 2.45) is 11.7 Å². The number of nitrogens with two attached hydrogens (primary N) is 1. The van der Waals surface area contributed by atoms with Gasteiger partial charge in [-0.3, -0.25) is 4.79 Å². The Morgan fingerprint density at radius 1 is 1.56 bits per heavy atom. The topological polar surface area (TPSA) is 55.1 Å². The second kappa shape index (κ2) is 6.66. The second-order valence-corrected chi connectivity index (χ2v) is 4.74. The van der Waals surface area contributed by atoms with E-state index in [2.05, 4.69) is 21.2 Å². The minimum Gasteiger partial charge on any atom is -0.352 e. The molecule has 3 N–H and O–H groups in total. The van der Waals surface area contributed by atoms with E-state index in [-0.39, 0.29) is 11.8 Å². The third-order valence-electron chi connectivity index (χ3n) is 2.40. The van der Waals surface area contributed by atoms with Gasteiger partial charge in [-0.2, -0.15) is 0 Å². The molecule has 0 bridgehead atoms. The average molecular weight is 285 g/mol. The van der Waals surface area contributed by atoms with Crippen molar-refractivity contribution < 1.29 is 4.79 Å². The normalized spacial score (nSPS) is 12.2. The number of halogens is 1. The van der Waals surface area contributed by atoms with Crippen LogP contribution in [0.1, 0.15) is 18.9 Å². The van der Waals surface area contributed by atoms with Gasteiger partial charge in [-0.05, 0) is 30.7 Å². The first-order valence-electron chi connectivity index (χ1n) is 5.35. The van der Waals surface area contributed by atoms with E-state index in [0.29, 0.717) is 13.1 Å². The minimum atomic E-state index is -0.0165. The van der Waals surface area contributed by atoms with Crippen LogP contribution in [0, 0.1) is 5.92 Å². The van der Waals surface area contributed by atoms with Gasteiger partial charge in [0.2, 0.25) is 5.91 Å². The van der Waals surface area contributed by atoms with Gasteiger partial charge >= 0.3 is 0 Å². The van der Waals surface area contributed by atoms with E-state index < -0.39 is 0 Å². The monoisotopic (exact) mass is 284 g/mol. The number of rotatable bonds is 5. The molecule has 1 rings (SSSR count). The highest BCUT2D eigenvalue weighted by Gasteiger charge is 2.10. The third-order valence-corrected chi connectivity index (χ3v) is 2.90. The molecule has 0 aliphatic rings. The molecule has 1 aromatic carbocycles. The SMILES string of the molecule is CC(CCN)C(=O)NCc1cccc(Br)c1. The van der Waals surface area contributed by atoms with Gasteiger partial charge in [0.05, 0.1) is 0 Å². The predicted molar refractivity (Wildman–Crippen MR) is 68.8 cm³/mol. The molecule has 0 saturated carbocycles. The van der Waals surface area contributed by atoms with Gasteiger partial charge in [0.25, 0.3) is 0 Å². The van der Waals surface area contributed by atoms with Gasteiger partial charge in [-0.25, -0.2) is 0 Å². The zero-order valence-corrected chi connectivity index (χ0v) is 11.0. The van der Waals surface area contributed by atoms with Gasteiger partial charge in [-0.1, -0.05) is 35.0 Å². The van der Waals surface area contributed by atoms with Crippen LogP contribution >= 0.6 is 15.9 Å². The average Bonchev–Trinajstić information content (AvgIpc) is 2.26. The Morgan fingerprint density at radius 2 is 2.31 bits per heavy atom. The lowest BCUT2D eigenvalue weighted by molar-refractivity contribution is -0.124. The smallest absolute Gasteiger partial charge is 0.223 e. The number of carbonyl (C=O) groups excluding carboxylic acids is 1. The van der Waals surface area contributed by atoms with E-state index in [1.807, 2.05) is 31.2 Å². The van der Waals surface area contributed by atoms with Gasteiger partial charge < -0.3 is 11.1 Å². The number of hydrogen-bond acceptors (Lipinski definition) is 2. The fourth-order valence-corrected chi connectivity index (χ4v) is 1.84. The molecule has 0 fully saturated rings. The highest BCUT2D eigenvalue weighted by molar-refractivity contribution is 9.10. The number of benzene rings is 1. The molecule has 16 heavy (non-hydrogen) atoms. The van der Waals surface area contributed by atoms with Crippen LogP contribution in [-0.4, -0.2) is 12.5 Å². The fourth-order valence-electron chi connectivity index (χ4n) is 1.39. The Kier molecular flexibility index (Phi) is 5.49. The maximum Gasteiger partial charge on any atom is 0.223 e. The van der Waals surface area contributed by atoms with E-state index >= 15 is 0 Å². The Labute approximate surface area is 105 Å². The lowest BCUT2D eigenvalue weighted by atomic mass is 10.1. The maximum absolute atomic E-state index is 11.6. The summed E-state index contributed by atoms with van der Waals surface area (Å²) in [6.45, 7) is 3.00. The summed E-state index contributed by atoms with van der Waals surface area (Å²) < 4.78 is 1.02.